The number of anilines is 1. The van der Waals surface area contributed by atoms with Crippen molar-refractivity contribution in [2.24, 2.45) is 0 Å². The Bertz CT molecular complexity index is 807. The molecule has 3 rings (SSSR count). The molecule has 0 bridgehead atoms. The molecular weight excluding hydrogens is 350 g/mol. The maximum absolute atomic E-state index is 12.7. The highest BCUT2D eigenvalue weighted by Crippen LogP contribution is 2.19. The van der Waals surface area contributed by atoms with Crippen molar-refractivity contribution in [2.75, 3.05) is 31.5 Å². The number of hydrogen-bond acceptors (Lipinski definition) is 3. The molecule has 28 heavy (non-hydrogen) atoms. The monoisotopic (exact) mass is 379 g/mol. The summed E-state index contributed by atoms with van der Waals surface area (Å²) in [6, 6.07) is 14.9. The number of carbonyl (C=O) groups is 2. The SMILES string of the molecule is CCN(CC)C(=O)c1ccccc1NC(=O)c1ccc(CN2CCCC2)cc1. The Morgan fingerprint density at radius 1 is 0.964 bits per heavy atom. The summed E-state index contributed by atoms with van der Waals surface area (Å²) >= 11 is 0. The van der Waals surface area contributed by atoms with Gasteiger partial charge in [0.15, 0.2) is 0 Å². The van der Waals surface area contributed by atoms with E-state index in [0.29, 0.717) is 29.9 Å². The van der Waals surface area contributed by atoms with Crippen molar-refractivity contribution in [2.45, 2.75) is 33.2 Å². The van der Waals surface area contributed by atoms with E-state index in [4.69, 9.17) is 0 Å². The fourth-order valence-corrected chi connectivity index (χ4v) is 3.61. The maximum atomic E-state index is 12.7. The standard InChI is InChI=1S/C23H29N3O2/c1-3-26(4-2)23(28)20-9-5-6-10-21(20)24-22(27)19-13-11-18(12-14-19)17-25-15-7-8-16-25/h5-6,9-14H,3-4,7-8,15-17H2,1-2H3,(H,24,27). The van der Waals surface area contributed by atoms with Crippen LogP contribution in [0, 0.1) is 0 Å². The summed E-state index contributed by atoms with van der Waals surface area (Å²) in [5.41, 5.74) is 2.88. The Hall–Kier alpha value is -2.66. The molecular formula is C23H29N3O2. The second-order valence-corrected chi connectivity index (χ2v) is 7.16. The fourth-order valence-electron chi connectivity index (χ4n) is 3.61. The normalized spacial score (nSPS) is 14.1. The van der Waals surface area contributed by atoms with Crippen LogP contribution in [-0.2, 0) is 6.54 Å². The smallest absolute Gasteiger partial charge is 0.255 e. The zero-order chi connectivity index (χ0) is 19.9. The summed E-state index contributed by atoms with van der Waals surface area (Å²) in [6.07, 6.45) is 2.54. The molecule has 5 nitrogen and oxygen atoms in total. The van der Waals surface area contributed by atoms with Gasteiger partial charge in [-0.25, -0.2) is 0 Å². The molecule has 0 aromatic heterocycles. The van der Waals surface area contributed by atoms with Gasteiger partial charge in [0.05, 0.1) is 11.3 Å². The van der Waals surface area contributed by atoms with Crippen molar-refractivity contribution >= 4 is 17.5 Å². The summed E-state index contributed by atoms with van der Waals surface area (Å²) in [6.45, 7) is 8.41. The van der Waals surface area contributed by atoms with E-state index in [-0.39, 0.29) is 11.8 Å². The average molecular weight is 380 g/mol. The molecule has 0 saturated carbocycles. The van der Waals surface area contributed by atoms with Gasteiger partial charge in [-0.2, -0.15) is 0 Å². The number of carbonyl (C=O) groups excluding carboxylic acids is 2. The van der Waals surface area contributed by atoms with Crippen molar-refractivity contribution in [3.8, 4) is 0 Å². The quantitative estimate of drug-likeness (QED) is 0.791. The third-order valence-corrected chi connectivity index (χ3v) is 5.28. The first-order chi connectivity index (χ1) is 13.6. The summed E-state index contributed by atoms with van der Waals surface area (Å²) in [4.78, 5) is 29.6. The molecule has 1 N–H and O–H groups in total. The van der Waals surface area contributed by atoms with Crippen LogP contribution in [0.15, 0.2) is 48.5 Å². The maximum Gasteiger partial charge on any atom is 0.255 e. The van der Waals surface area contributed by atoms with E-state index in [0.717, 1.165) is 19.6 Å². The fraction of sp³-hybridized carbons (Fsp3) is 0.391. The second kappa shape index (κ2) is 9.51. The molecule has 2 aromatic carbocycles. The van der Waals surface area contributed by atoms with Crippen LogP contribution < -0.4 is 5.32 Å². The van der Waals surface area contributed by atoms with Crippen molar-refractivity contribution < 1.29 is 9.59 Å². The second-order valence-electron chi connectivity index (χ2n) is 7.16. The van der Waals surface area contributed by atoms with E-state index in [9.17, 15) is 9.59 Å². The minimum Gasteiger partial charge on any atom is -0.339 e. The van der Waals surface area contributed by atoms with Crippen LogP contribution >= 0.6 is 0 Å². The molecule has 0 unspecified atom stereocenters. The summed E-state index contributed by atoms with van der Waals surface area (Å²) in [5.74, 6) is -0.269. The number of amides is 2. The number of rotatable bonds is 7. The first-order valence-electron chi connectivity index (χ1n) is 10.1. The molecule has 148 valence electrons. The van der Waals surface area contributed by atoms with Crippen molar-refractivity contribution in [3.05, 3.63) is 65.2 Å². The molecule has 1 aliphatic heterocycles. The van der Waals surface area contributed by atoms with E-state index >= 15 is 0 Å². The third-order valence-electron chi connectivity index (χ3n) is 5.28. The Morgan fingerprint density at radius 2 is 1.61 bits per heavy atom. The highest BCUT2D eigenvalue weighted by Gasteiger charge is 2.18. The number of likely N-dealkylation sites (tertiary alicyclic amines) is 1. The number of para-hydroxylation sites is 1. The molecule has 0 spiro atoms. The van der Waals surface area contributed by atoms with Crippen LogP contribution in [0.2, 0.25) is 0 Å². The van der Waals surface area contributed by atoms with Gasteiger partial charge in [0.25, 0.3) is 11.8 Å². The largest absolute Gasteiger partial charge is 0.339 e. The summed E-state index contributed by atoms with van der Waals surface area (Å²) < 4.78 is 0. The van der Waals surface area contributed by atoms with Gasteiger partial charge in [0, 0.05) is 25.2 Å². The van der Waals surface area contributed by atoms with Gasteiger partial charge in [-0.1, -0.05) is 24.3 Å². The van der Waals surface area contributed by atoms with Crippen LogP contribution in [0.25, 0.3) is 0 Å². The first-order valence-corrected chi connectivity index (χ1v) is 10.1. The number of nitrogens with one attached hydrogen (secondary N) is 1. The highest BCUT2D eigenvalue weighted by atomic mass is 16.2. The molecule has 0 aliphatic carbocycles. The lowest BCUT2D eigenvalue weighted by Gasteiger charge is -2.20. The molecule has 1 fully saturated rings. The number of benzene rings is 2. The Labute approximate surface area is 167 Å². The lowest BCUT2D eigenvalue weighted by atomic mass is 10.1. The number of nitrogens with zero attached hydrogens (tertiary/aromatic N) is 2. The lowest BCUT2D eigenvalue weighted by molar-refractivity contribution is 0.0774. The molecule has 0 radical (unpaired) electrons. The van der Waals surface area contributed by atoms with E-state index in [2.05, 4.69) is 10.2 Å². The Kier molecular flexibility index (Phi) is 6.82. The van der Waals surface area contributed by atoms with Gasteiger partial charge in [0.2, 0.25) is 0 Å². The molecule has 2 amide bonds. The predicted octanol–water partition coefficient (Wildman–Crippen LogP) is 4.02. The van der Waals surface area contributed by atoms with Gasteiger partial charge < -0.3 is 10.2 Å². The van der Waals surface area contributed by atoms with Crippen LogP contribution in [0.5, 0.6) is 0 Å². The topological polar surface area (TPSA) is 52.7 Å². The van der Waals surface area contributed by atoms with E-state index in [1.807, 2.05) is 50.2 Å². The van der Waals surface area contributed by atoms with Gasteiger partial charge in [-0.3, -0.25) is 14.5 Å². The zero-order valence-corrected chi connectivity index (χ0v) is 16.8. The van der Waals surface area contributed by atoms with Crippen LogP contribution in [-0.4, -0.2) is 47.8 Å². The first kappa shape index (κ1) is 20.1. The minimum atomic E-state index is -0.201. The Morgan fingerprint density at radius 3 is 2.25 bits per heavy atom. The van der Waals surface area contributed by atoms with Gasteiger partial charge >= 0.3 is 0 Å². The molecule has 1 aliphatic rings. The lowest BCUT2D eigenvalue weighted by Crippen LogP contribution is -2.31. The van der Waals surface area contributed by atoms with Gasteiger partial charge in [-0.05, 0) is 69.6 Å². The molecule has 2 aromatic rings. The highest BCUT2D eigenvalue weighted by molar-refractivity contribution is 6.09. The molecule has 1 heterocycles. The van der Waals surface area contributed by atoms with Crippen LogP contribution in [0.3, 0.4) is 0 Å². The van der Waals surface area contributed by atoms with Crippen molar-refractivity contribution in [3.63, 3.8) is 0 Å². The number of hydrogen-bond donors (Lipinski definition) is 1. The molecule has 0 atom stereocenters. The Balaban J connectivity index is 1.70. The van der Waals surface area contributed by atoms with Gasteiger partial charge in [0.1, 0.15) is 0 Å². The summed E-state index contributed by atoms with van der Waals surface area (Å²) in [7, 11) is 0. The van der Waals surface area contributed by atoms with E-state index in [1.165, 1.54) is 18.4 Å². The minimum absolute atomic E-state index is 0.0677. The van der Waals surface area contributed by atoms with Crippen LogP contribution in [0.1, 0.15) is 53.0 Å². The van der Waals surface area contributed by atoms with Crippen molar-refractivity contribution in [1.82, 2.24) is 9.80 Å². The van der Waals surface area contributed by atoms with Crippen LogP contribution in [0.4, 0.5) is 5.69 Å². The van der Waals surface area contributed by atoms with E-state index in [1.54, 1.807) is 17.0 Å². The zero-order valence-electron chi connectivity index (χ0n) is 16.8. The molecule has 1 saturated heterocycles. The summed E-state index contributed by atoms with van der Waals surface area (Å²) in [5, 5.41) is 2.91. The van der Waals surface area contributed by atoms with E-state index < -0.39 is 0 Å². The van der Waals surface area contributed by atoms with Crippen molar-refractivity contribution in [1.29, 1.82) is 0 Å². The van der Waals surface area contributed by atoms with Gasteiger partial charge in [-0.15, -0.1) is 0 Å². The average Bonchev–Trinajstić information content (AvgIpc) is 3.23. The molecule has 5 heteroatoms. The third kappa shape index (κ3) is 4.78. The predicted molar refractivity (Wildman–Crippen MR) is 113 cm³/mol.